The lowest BCUT2D eigenvalue weighted by Crippen LogP contribution is -2.46. The summed E-state index contributed by atoms with van der Waals surface area (Å²) in [6.45, 7) is 1.10. The maximum Gasteiger partial charge on any atom is 0.154 e. The zero-order valence-corrected chi connectivity index (χ0v) is 15.7. The van der Waals surface area contributed by atoms with E-state index >= 15 is 0 Å². The standard InChI is InChI=1S/C21H22ClN3O2/c22-16-4-1-3-14(9-16)15-6-7-18-20(10-15)25(13-24-18)12-17(26)11-19-21(27)5-2-8-23-19/h1,3-4,6-7,9-10,13,19,21,23,27H,2,5,8,11-12H2/t19-,21+/m1/s1. The molecule has 0 spiro atoms. The number of nitrogens with zero attached hydrogens (tertiary/aromatic N) is 2. The summed E-state index contributed by atoms with van der Waals surface area (Å²) in [6, 6.07) is 13.6. The first-order valence-corrected chi connectivity index (χ1v) is 9.62. The molecule has 2 N–H and O–H groups in total. The van der Waals surface area contributed by atoms with Crippen molar-refractivity contribution in [1.29, 1.82) is 0 Å². The van der Waals surface area contributed by atoms with Gasteiger partial charge in [-0.3, -0.25) is 4.79 Å². The van der Waals surface area contributed by atoms with Gasteiger partial charge >= 0.3 is 0 Å². The number of nitrogens with one attached hydrogen (secondary N) is 1. The molecule has 0 amide bonds. The molecule has 1 aromatic heterocycles. The normalized spacial score (nSPS) is 20.1. The monoisotopic (exact) mass is 383 g/mol. The Bertz CT molecular complexity index is 969. The number of aromatic nitrogens is 2. The van der Waals surface area contributed by atoms with Crippen molar-refractivity contribution in [3.05, 3.63) is 53.8 Å². The van der Waals surface area contributed by atoms with Crippen molar-refractivity contribution < 1.29 is 9.90 Å². The SMILES string of the molecule is O=C(C[C@H]1NCCC[C@@H]1O)Cn1cnc2ccc(-c3cccc(Cl)c3)cc21. The number of Topliss-reactive ketones (excluding diaryl/α,β-unsaturated/α-hetero) is 1. The summed E-state index contributed by atoms with van der Waals surface area (Å²) >= 11 is 6.11. The van der Waals surface area contributed by atoms with Gasteiger partial charge in [0.05, 0.1) is 30.0 Å². The van der Waals surface area contributed by atoms with Gasteiger partial charge < -0.3 is 15.0 Å². The van der Waals surface area contributed by atoms with Crippen LogP contribution in [0.15, 0.2) is 48.8 Å². The third-order valence-corrected chi connectivity index (χ3v) is 5.36. The quantitative estimate of drug-likeness (QED) is 0.708. The second-order valence-corrected chi connectivity index (χ2v) is 7.54. The number of ketones is 1. The van der Waals surface area contributed by atoms with Gasteiger partial charge in [-0.25, -0.2) is 4.98 Å². The highest BCUT2D eigenvalue weighted by molar-refractivity contribution is 6.30. The van der Waals surface area contributed by atoms with Gasteiger partial charge in [0.1, 0.15) is 0 Å². The average molecular weight is 384 g/mol. The first-order chi connectivity index (χ1) is 13.1. The minimum absolute atomic E-state index is 0.0842. The molecule has 2 heterocycles. The lowest BCUT2D eigenvalue weighted by molar-refractivity contribution is -0.121. The van der Waals surface area contributed by atoms with Crippen LogP contribution in [-0.2, 0) is 11.3 Å². The predicted molar refractivity (Wildman–Crippen MR) is 107 cm³/mol. The zero-order chi connectivity index (χ0) is 18.8. The summed E-state index contributed by atoms with van der Waals surface area (Å²) in [6.07, 6.45) is 3.28. The Hall–Kier alpha value is -2.21. The highest BCUT2D eigenvalue weighted by atomic mass is 35.5. The molecular formula is C21H22ClN3O2. The Labute approximate surface area is 163 Å². The van der Waals surface area contributed by atoms with Crippen molar-refractivity contribution in [2.75, 3.05) is 6.54 Å². The Kier molecular flexibility index (Phi) is 5.25. The molecule has 0 saturated carbocycles. The van der Waals surface area contributed by atoms with Gasteiger partial charge in [0.25, 0.3) is 0 Å². The van der Waals surface area contributed by atoms with E-state index in [0.29, 0.717) is 11.4 Å². The number of benzene rings is 2. The number of carbonyl (C=O) groups is 1. The molecule has 140 valence electrons. The third-order valence-electron chi connectivity index (χ3n) is 5.12. The van der Waals surface area contributed by atoms with E-state index in [1.807, 2.05) is 47.0 Å². The molecule has 6 heteroatoms. The lowest BCUT2D eigenvalue weighted by Gasteiger charge is -2.28. The maximum atomic E-state index is 12.6. The van der Waals surface area contributed by atoms with Crippen molar-refractivity contribution in [1.82, 2.24) is 14.9 Å². The first kappa shape index (κ1) is 18.2. The highest BCUT2D eigenvalue weighted by Gasteiger charge is 2.25. The Morgan fingerprint density at radius 1 is 1.26 bits per heavy atom. The third kappa shape index (κ3) is 4.05. The van der Waals surface area contributed by atoms with Crippen LogP contribution in [0.25, 0.3) is 22.2 Å². The molecule has 27 heavy (non-hydrogen) atoms. The fraction of sp³-hybridized carbons (Fsp3) is 0.333. The average Bonchev–Trinajstić information content (AvgIpc) is 3.06. The molecule has 0 unspecified atom stereocenters. The van der Waals surface area contributed by atoms with E-state index in [-0.39, 0.29) is 18.4 Å². The van der Waals surface area contributed by atoms with Crippen LogP contribution in [0.3, 0.4) is 0 Å². The molecule has 3 aromatic rings. The fourth-order valence-electron chi connectivity index (χ4n) is 3.67. The van der Waals surface area contributed by atoms with Crippen LogP contribution in [0.5, 0.6) is 0 Å². The molecule has 0 radical (unpaired) electrons. The van der Waals surface area contributed by atoms with Crippen LogP contribution in [0.1, 0.15) is 19.3 Å². The predicted octanol–water partition coefficient (Wildman–Crippen LogP) is 3.43. The van der Waals surface area contributed by atoms with Crippen molar-refractivity contribution in [2.24, 2.45) is 0 Å². The molecule has 1 aliphatic heterocycles. The molecule has 2 atom stereocenters. The van der Waals surface area contributed by atoms with Crippen LogP contribution in [0.2, 0.25) is 5.02 Å². The van der Waals surface area contributed by atoms with Gasteiger partial charge in [0.2, 0.25) is 0 Å². The van der Waals surface area contributed by atoms with Crippen LogP contribution < -0.4 is 5.32 Å². The molecule has 0 aliphatic carbocycles. The van der Waals surface area contributed by atoms with E-state index in [2.05, 4.69) is 10.3 Å². The smallest absolute Gasteiger partial charge is 0.154 e. The molecule has 5 nitrogen and oxygen atoms in total. The summed E-state index contributed by atoms with van der Waals surface area (Å²) in [5, 5.41) is 14.0. The van der Waals surface area contributed by atoms with E-state index in [9.17, 15) is 9.90 Å². The van der Waals surface area contributed by atoms with Gasteiger partial charge in [-0.1, -0.05) is 29.8 Å². The van der Waals surface area contributed by atoms with Gasteiger partial charge in [-0.05, 0) is 54.8 Å². The first-order valence-electron chi connectivity index (χ1n) is 9.24. The van der Waals surface area contributed by atoms with E-state index in [1.165, 1.54) is 0 Å². The molecule has 2 aromatic carbocycles. The number of aliphatic hydroxyl groups is 1. The number of aliphatic hydroxyl groups excluding tert-OH is 1. The van der Waals surface area contributed by atoms with Gasteiger partial charge in [0.15, 0.2) is 5.78 Å². The number of piperidine rings is 1. The zero-order valence-electron chi connectivity index (χ0n) is 14.9. The van der Waals surface area contributed by atoms with Crippen LogP contribution >= 0.6 is 11.6 Å². The summed E-state index contributed by atoms with van der Waals surface area (Å²) in [5.41, 5.74) is 3.82. The second-order valence-electron chi connectivity index (χ2n) is 7.10. The van der Waals surface area contributed by atoms with Gasteiger partial charge in [-0.2, -0.15) is 0 Å². The van der Waals surface area contributed by atoms with E-state index < -0.39 is 6.10 Å². The summed E-state index contributed by atoms with van der Waals surface area (Å²) in [7, 11) is 0. The molecule has 0 bridgehead atoms. The van der Waals surface area contributed by atoms with Crippen molar-refractivity contribution in [3.8, 4) is 11.1 Å². The molecule has 4 rings (SSSR count). The summed E-state index contributed by atoms with van der Waals surface area (Å²) < 4.78 is 1.88. The van der Waals surface area contributed by atoms with Crippen molar-refractivity contribution in [2.45, 2.75) is 38.0 Å². The molecule has 1 aliphatic rings. The number of halogens is 1. The van der Waals surface area contributed by atoms with Gasteiger partial charge in [-0.15, -0.1) is 0 Å². The Morgan fingerprint density at radius 3 is 2.93 bits per heavy atom. The van der Waals surface area contributed by atoms with Gasteiger partial charge in [0, 0.05) is 17.5 Å². The number of rotatable bonds is 5. The maximum absolute atomic E-state index is 12.6. The topological polar surface area (TPSA) is 67.2 Å². The lowest BCUT2D eigenvalue weighted by atomic mass is 9.97. The van der Waals surface area contributed by atoms with Crippen molar-refractivity contribution in [3.63, 3.8) is 0 Å². The Balaban J connectivity index is 1.55. The summed E-state index contributed by atoms with van der Waals surface area (Å²) in [5.74, 6) is 0.0842. The molecule has 1 fully saturated rings. The highest BCUT2D eigenvalue weighted by Crippen LogP contribution is 2.26. The number of fused-ring (bicyclic) bond motifs is 1. The molecule has 1 saturated heterocycles. The molecular weight excluding hydrogens is 362 g/mol. The van der Waals surface area contributed by atoms with Crippen LogP contribution in [-0.4, -0.2) is 39.1 Å². The number of imidazole rings is 1. The van der Waals surface area contributed by atoms with E-state index in [4.69, 9.17) is 11.6 Å². The minimum Gasteiger partial charge on any atom is -0.391 e. The Morgan fingerprint density at radius 2 is 2.11 bits per heavy atom. The van der Waals surface area contributed by atoms with Crippen LogP contribution in [0.4, 0.5) is 0 Å². The van der Waals surface area contributed by atoms with Crippen LogP contribution in [0, 0.1) is 0 Å². The fourth-order valence-corrected chi connectivity index (χ4v) is 3.86. The largest absolute Gasteiger partial charge is 0.391 e. The number of hydrogen-bond acceptors (Lipinski definition) is 4. The van der Waals surface area contributed by atoms with E-state index in [1.54, 1.807) is 6.33 Å². The minimum atomic E-state index is -0.448. The van der Waals surface area contributed by atoms with Crippen molar-refractivity contribution >= 4 is 28.4 Å². The second kappa shape index (κ2) is 7.80. The summed E-state index contributed by atoms with van der Waals surface area (Å²) in [4.78, 5) is 17.0. The number of hydrogen-bond donors (Lipinski definition) is 2. The van der Waals surface area contributed by atoms with E-state index in [0.717, 1.165) is 41.5 Å². The number of carbonyl (C=O) groups excluding carboxylic acids is 1.